The number of aromatic nitrogens is 1. The van der Waals surface area contributed by atoms with Crippen molar-refractivity contribution in [2.24, 2.45) is 0 Å². The summed E-state index contributed by atoms with van der Waals surface area (Å²) in [7, 11) is 2.20. The van der Waals surface area contributed by atoms with Gasteiger partial charge in [0.2, 0.25) is 5.88 Å². The van der Waals surface area contributed by atoms with Gasteiger partial charge in [-0.05, 0) is 44.9 Å². The molecule has 1 heterocycles. The third kappa shape index (κ3) is 6.47. The molecule has 10 heteroatoms. The lowest BCUT2D eigenvalue weighted by molar-refractivity contribution is -0.138. The molecule has 0 radical (unpaired) electrons. The molecular weight excluding hydrogens is 441 g/mol. The van der Waals surface area contributed by atoms with Crippen molar-refractivity contribution in [1.29, 1.82) is 0 Å². The van der Waals surface area contributed by atoms with Crippen molar-refractivity contribution >= 4 is 17.7 Å². The molecule has 2 aromatic rings. The lowest BCUT2D eigenvalue weighted by Crippen LogP contribution is -2.35. The van der Waals surface area contributed by atoms with E-state index in [1.165, 1.54) is 6.07 Å². The number of hydrogen-bond donors (Lipinski definition) is 0. The number of benzene rings is 1. The van der Waals surface area contributed by atoms with E-state index in [0.717, 1.165) is 19.1 Å². The molecule has 1 amide bonds. The van der Waals surface area contributed by atoms with Gasteiger partial charge in [-0.25, -0.2) is 14.6 Å². The zero-order valence-corrected chi connectivity index (χ0v) is 18.9. The largest absolute Gasteiger partial charge is 0.464 e. The second-order valence-corrected chi connectivity index (χ2v) is 7.94. The van der Waals surface area contributed by atoms with Crippen LogP contribution in [-0.4, -0.2) is 36.8 Å². The first-order valence-electron chi connectivity index (χ1n) is 9.82. The van der Waals surface area contributed by atoms with Gasteiger partial charge in [0.15, 0.2) is 5.69 Å². The van der Waals surface area contributed by atoms with Gasteiger partial charge in [0.25, 0.3) is 0 Å². The summed E-state index contributed by atoms with van der Waals surface area (Å²) in [6, 6.07) is 7.02. The summed E-state index contributed by atoms with van der Waals surface area (Å²) >= 11 is 0. The van der Waals surface area contributed by atoms with Crippen LogP contribution >= 0.6 is 0 Å². The summed E-state index contributed by atoms with van der Waals surface area (Å²) in [4.78, 5) is 29.4. The third-order valence-electron chi connectivity index (χ3n) is 4.22. The SMILES string of the molecule is C=CCc1ccccc1Oc1nc(C(=O)OC)c(N(C)C(=O)OC(C)(C)C)cc1C(F)(F)F. The maximum Gasteiger partial charge on any atom is 0.421 e. The maximum absolute atomic E-state index is 13.9. The minimum absolute atomic E-state index is 0.111. The van der Waals surface area contributed by atoms with Crippen LogP contribution in [0.3, 0.4) is 0 Å². The van der Waals surface area contributed by atoms with E-state index in [1.807, 2.05) is 0 Å². The Labute approximate surface area is 189 Å². The highest BCUT2D eigenvalue weighted by molar-refractivity contribution is 5.99. The molecule has 0 aliphatic rings. The molecule has 1 aromatic heterocycles. The normalized spacial score (nSPS) is 11.5. The number of carbonyl (C=O) groups is 2. The van der Waals surface area contributed by atoms with Gasteiger partial charge in [0.1, 0.15) is 16.9 Å². The number of para-hydroxylation sites is 1. The molecular formula is C23H25F3N2O5. The molecule has 0 saturated carbocycles. The molecule has 2 rings (SSSR count). The van der Waals surface area contributed by atoms with Crippen LogP contribution in [0.15, 0.2) is 43.0 Å². The van der Waals surface area contributed by atoms with E-state index >= 15 is 0 Å². The molecule has 0 aliphatic carbocycles. The Morgan fingerprint density at radius 1 is 1.18 bits per heavy atom. The molecule has 0 saturated heterocycles. The number of anilines is 1. The monoisotopic (exact) mass is 466 g/mol. The fourth-order valence-corrected chi connectivity index (χ4v) is 2.73. The Morgan fingerprint density at radius 3 is 2.36 bits per heavy atom. The van der Waals surface area contributed by atoms with E-state index in [2.05, 4.69) is 16.3 Å². The number of allylic oxidation sites excluding steroid dienone is 1. The van der Waals surface area contributed by atoms with Crippen molar-refractivity contribution in [3.63, 3.8) is 0 Å². The summed E-state index contributed by atoms with van der Waals surface area (Å²) in [6.45, 7) is 8.40. The number of amides is 1. The standard InChI is InChI=1S/C23H25F3N2O5/c1-7-10-14-11-8-9-12-17(14)32-19-15(23(24,25)26)13-16(18(27-19)20(29)31-6)28(5)21(30)33-22(2,3)4/h7-9,11-13H,1,10H2,2-6H3. The van der Waals surface area contributed by atoms with Gasteiger partial charge in [-0.1, -0.05) is 24.3 Å². The van der Waals surface area contributed by atoms with Crippen LogP contribution in [0.5, 0.6) is 11.6 Å². The van der Waals surface area contributed by atoms with E-state index in [0.29, 0.717) is 18.1 Å². The lowest BCUT2D eigenvalue weighted by Gasteiger charge is -2.26. The second kappa shape index (κ2) is 9.93. The highest BCUT2D eigenvalue weighted by atomic mass is 19.4. The minimum atomic E-state index is -4.91. The zero-order chi connectivity index (χ0) is 25.0. The number of pyridine rings is 1. The first-order valence-corrected chi connectivity index (χ1v) is 9.82. The number of esters is 1. The Morgan fingerprint density at radius 2 is 1.82 bits per heavy atom. The average Bonchev–Trinajstić information content (AvgIpc) is 2.72. The van der Waals surface area contributed by atoms with Crippen LogP contribution in [0, 0.1) is 0 Å². The minimum Gasteiger partial charge on any atom is -0.464 e. The van der Waals surface area contributed by atoms with Gasteiger partial charge >= 0.3 is 18.2 Å². The van der Waals surface area contributed by atoms with Gasteiger partial charge in [0, 0.05) is 7.05 Å². The van der Waals surface area contributed by atoms with Crippen molar-refractivity contribution in [3.8, 4) is 11.6 Å². The van der Waals surface area contributed by atoms with Gasteiger partial charge in [-0.15, -0.1) is 6.58 Å². The average molecular weight is 466 g/mol. The van der Waals surface area contributed by atoms with Crippen LogP contribution in [0.25, 0.3) is 0 Å². The van der Waals surface area contributed by atoms with E-state index in [-0.39, 0.29) is 5.75 Å². The molecule has 0 fully saturated rings. The Bertz CT molecular complexity index is 1050. The number of alkyl halides is 3. The number of methoxy groups -OCH3 is 1. The van der Waals surface area contributed by atoms with E-state index in [4.69, 9.17) is 9.47 Å². The molecule has 0 aliphatic heterocycles. The number of ether oxygens (including phenoxy) is 3. The predicted octanol–water partition coefficient (Wildman–Crippen LogP) is 5.78. The second-order valence-electron chi connectivity index (χ2n) is 7.94. The molecule has 0 spiro atoms. The van der Waals surface area contributed by atoms with Crippen LogP contribution in [-0.2, 0) is 22.1 Å². The van der Waals surface area contributed by atoms with Crippen LogP contribution in [0.4, 0.5) is 23.7 Å². The summed E-state index contributed by atoms with van der Waals surface area (Å²) in [5.74, 6) is -1.81. The van der Waals surface area contributed by atoms with Gasteiger partial charge in [-0.3, -0.25) is 4.90 Å². The molecule has 0 bridgehead atoms. The number of halogens is 3. The van der Waals surface area contributed by atoms with Gasteiger partial charge < -0.3 is 14.2 Å². The van der Waals surface area contributed by atoms with Crippen molar-refractivity contribution in [3.05, 3.63) is 59.8 Å². The quantitative estimate of drug-likeness (QED) is 0.397. The number of nitrogens with zero attached hydrogens (tertiary/aromatic N) is 2. The van der Waals surface area contributed by atoms with Crippen molar-refractivity contribution < 1.29 is 37.0 Å². The van der Waals surface area contributed by atoms with Gasteiger partial charge in [-0.2, -0.15) is 13.2 Å². The predicted molar refractivity (Wildman–Crippen MR) is 116 cm³/mol. The van der Waals surface area contributed by atoms with Crippen LogP contribution < -0.4 is 9.64 Å². The highest BCUT2D eigenvalue weighted by Crippen LogP contribution is 2.41. The topological polar surface area (TPSA) is 78.0 Å². The Balaban J connectivity index is 2.68. The lowest BCUT2D eigenvalue weighted by atomic mass is 10.1. The van der Waals surface area contributed by atoms with Crippen LogP contribution in [0.1, 0.15) is 42.4 Å². The summed E-state index contributed by atoms with van der Waals surface area (Å²) < 4.78 is 57.2. The summed E-state index contributed by atoms with van der Waals surface area (Å²) in [5.41, 5.74) is -2.63. The first-order chi connectivity index (χ1) is 15.3. The summed E-state index contributed by atoms with van der Waals surface area (Å²) in [5, 5.41) is 0. The van der Waals surface area contributed by atoms with Crippen molar-refractivity contribution in [2.45, 2.75) is 39.0 Å². The van der Waals surface area contributed by atoms with Crippen molar-refractivity contribution in [1.82, 2.24) is 4.98 Å². The number of rotatable bonds is 6. The van der Waals surface area contributed by atoms with E-state index < -0.39 is 46.7 Å². The molecule has 1 aromatic carbocycles. The Kier molecular flexibility index (Phi) is 7.73. The van der Waals surface area contributed by atoms with Crippen LogP contribution in [0.2, 0.25) is 0 Å². The Hall–Kier alpha value is -3.56. The zero-order valence-electron chi connectivity index (χ0n) is 18.9. The molecule has 33 heavy (non-hydrogen) atoms. The number of carbonyl (C=O) groups excluding carboxylic acids is 2. The fraction of sp³-hybridized carbons (Fsp3) is 0.348. The van der Waals surface area contributed by atoms with E-state index in [1.54, 1.807) is 45.0 Å². The maximum atomic E-state index is 13.9. The third-order valence-corrected chi connectivity index (χ3v) is 4.22. The molecule has 178 valence electrons. The first kappa shape index (κ1) is 25.7. The molecule has 0 unspecified atom stereocenters. The highest BCUT2D eigenvalue weighted by Gasteiger charge is 2.39. The molecule has 0 N–H and O–H groups in total. The fourth-order valence-electron chi connectivity index (χ4n) is 2.73. The van der Waals surface area contributed by atoms with Crippen molar-refractivity contribution in [2.75, 3.05) is 19.1 Å². The van der Waals surface area contributed by atoms with Gasteiger partial charge in [0.05, 0.1) is 12.8 Å². The smallest absolute Gasteiger partial charge is 0.421 e. The molecule has 7 nitrogen and oxygen atoms in total. The summed E-state index contributed by atoms with van der Waals surface area (Å²) in [6.07, 6.45) is -3.99. The number of hydrogen-bond acceptors (Lipinski definition) is 6. The van der Waals surface area contributed by atoms with E-state index in [9.17, 15) is 22.8 Å². The molecule has 0 atom stereocenters.